The highest BCUT2D eigenvalue weighted by atomic mass is 32.2. The summed E-state index contributed by atoms with van der Waals surface area (Å²) in [7, 11) is 2.02. The number of likely N-dealkylation sites (N-methyl/N-ethyl adjacent to an activating group) is 1. The molecule has 0 N–H and O–H groups in total. The Bertz CT molecular complexity index is 459. The topological polar surface area (TPSA) is 29.0 Å². The summed E-state index contributed by atoms with van der Waals surface area (Å²) in [6.07, 6.45) is 0.508. The van der Waals surface area contributed by atoms with E-state index in [1.807, 2.05) is 7.05 Å². The van der Waals surface area contributed by atoms with Gasteiger partial charge in [-0.05, 0) is 25.6 Å². The Morgan fingerprint density at radius 1 is 1.45 bits per heavy atom. The highest BCUT2D eigenvalue weighted by Gasteiger charge is 2.27. The lowest BCUT2D eigenvalue weighted by Crippen LogP contribution is -2.27. The van der Waals surface area contributed by atoms with Gasteiger partial charge in [-0.25, -0.2) is 0 Å². The number of hydrogen-bond donors (Lipinski definition) is 0. The first-order chi connectivity index (χ1) is 9.47. The van der Waals surface area contributed by atoms with Crippen LogP contribution in [0.25, 0.3) is 0 Å². The summed E-state index contributed by atoms with van der Waals surface area (Å²) in [6, 6.07) is 0.0904. The second-order valence-electron chi connectivity index (χ2n) is 4.66. The van der Waals surface area contributed by atoms with Gasteiger partial charge in [0.1, 0.15) is 10.7 Å². The Kier molecular flexibility index (Phi) is 5.45. The van der Waals surface area contributed by atoms with E-state index in [1.165, 1.54) is 11.8 Å². The van der Waals surface area contributed by atoms with Gasteiger partial charge in [-0.15, -0.1) is 11.8 Å². The summed E-state index contributed by atoms with van der Waals surface area (Å²) in [5.41, 5.74) is 0.866. The summed E-state index contributed by atoms with van der Waals surface area (Å²) in [5.74, 6) is 0.415. The molecular weight excluding hydrogens is 307 g/mol. The van der Waals surface area contributed by atoms with Crippen molar-refractivity contribution in [2.75, 3.05) is 19.3 Å². The fraction of sp³-hybridized carbons (Fsp3) is 0.667. The zero-order valence-corrected chi connectivity index (χ0v) is 12.7. The fourth-order valence-corrected chi connectivity index (χ4v) is 3.65. The van der Waals surface area contributed by atoms with Crippen LogP contribution in [0.2, 0.25) is 0 Å². The second kappa shape index (κ2) is 6.91. The van der Waals surface area contributed by atoms with Crippen LogP contribution in [0.5, 0.6) is 0 Å². The normalized spacial score (nSPS) is 20.5. The molecule has 0 saturated heterocycles. The van der Waals surface area contributed by atoms with Gasteiger partial charge in [-0.1, -0.05) is 12.2 Å². The number of thioether (sulfide) groups is 1. The van der Waals surface area contributed by atoms with E-state index in [4.69, 9.17) is 0 Å². The lowest BCUT2D eigenvalue weighted by molar-refractivity contribution is -0.134. The van der Waals surface area contributed by atoms with Crippen LogP contribution in [0.4, 0.5) is 13.2 Å². The Balaban J connectivity index is 1.92. The van der Waals surface area contributed by atoms with E-state index in [1.54, 1.807) is 0 Å². The van der Waals surface area contributed by atoms with E-state index in [2.05, 4.69) is 25.8 Å². The van der Waals surface area contributed by atoms with Crippen molar-refractivity contribution >= 4 is 23.5 Å². The first-order valence-electron chi connectivity index (χ1n) is 6.36. The van der Waals surface area contributed by atoms with E-state index < -0.39 is 12.6 Å². The van der Waals surface area contributed by atoms with Crippen LogP contribution in [0.3, 0.4) is 0 Å². The Morgan fingerprint density at radius 2 is 2.25 bits per heavy atom. The van der Waals surface area contributed by atoms with Crippen LogP contribution in [0, 0.1) is 0 Å². The molecule has 112 valence electrons. The van der Waals surface area contributed by atoms with Crippen molar-refractivity contribution in [3.8, 4) is 0 Å². The maximum Gasteiger partial charge on any atom is 0.389 e. The number of hydrogen-bond acceptors (Lipinski definition) is 5. The third-order valence-corrected chi connectivity index (χ3v) is 4.77. The number of aromatic nitrogens is 2. The van der Waals surface area contributed by atoms with Gasteiger partial charge in [0.15, 0.2) is 0 Å². The number of halogens is 3. The summed E-state index contributed by atoms with van der Waals surface area (Å²) < 4.78 is 44.8. The second-order valence-corrected chi connectivity index (χ2v) is 6.28. The molecule has 1 atom stereocenters. The lowest BCUT2D eigenvalue weighted by Gasteiger charge is -2.27. The molecule has 0 radical (unpaired) electrons. The molecule has 0 aliphatic carbocycles. The van der Waals surface area contributed by atoms with Crippen LogP contribution < -0.4 is 0 Å². The quantitative estimate of drug-likeness (QED) is 0.467. The molecule has 2 rings (SSSR count). The zero-order valence-electron chi connectivity index (χ0n) is 11.1. The van der Waals surface area contributed by atoms with Crippen molar-refractivity contribution in [1.82, 2.24) is 13.6 Å². The molecule has 0 aromatic carbocycles. The standard InChI is InChI=1S/C12H16F3N3S2/c1-18-7-3-2-5-9(18)10-11(17-20-16-10)19-8-4-6-12(13,14)15/h2,5,9H,3-4,6-8H2,1H3. The minimum Gasteiger partial charge on any atom is -0.294 e. The monoisotopic (exact) mass is 323 g/mol. The van der Waals surface area contributed by atoms with Crippen LogP contribution in [-0.4, -0.2) is 39.2 Å². The van der Waals surface area contributed by atoms with Gasteiger partial charge in [0.05, 0.1) is 17.8 Å². The average molecular weight is 323 g/mol. The minimum atomic E-state index is -4.07. The molecule has 20 heavy (non-hydrogen) atoms. The highest BCUT2D eigenvalue weighted by molar-refractivity contribution is 7.99. The van der Waals surface area contributed by atoms with Crippen molar-refractivity contribution in [3.63, 3.8) is 0 Å². The molecule has 1 aliphatic rings. The molecule has 1 unspecified atom stereocenters. The van der Waals surface area contributed by atoms with Crippen LogP contribution in [0.15, 0.2) is 17.2 Å². The highest BCUT2D eigenvalue weighted by Crippen LogP contribution is 2.32. The molecule has 1 aromatic rings. The molecule has 0 bridgehead atoms. The molecule has 0 spiro atoms. The number of rotatable bonds is 5. The molecular formula is C12H16F3N3S2. The average Bonchev–Trinajstić information content (AvgIpc) is 2.82. The van der Waals surface area contributed by atoms with Crippen LogP contribution in [-0.2, 0) is 0 Å². The minimum absolute atomic E-state index is 0.0904. The molecule has 3 nitrogen and oxygen atoms in total. The SMILES string of the molecule is CN1CCC=CC1c1nsnc1SCCCC(F)(F)F. The Morgan fingerprint density at radius 3 is 2.95 bits per heavy atom. The lowest BCUT2D eigenvalue weighted by atomic mass is 10.1. The van der Waals surface area contributed by atoms with Crippen molar-refractivity contribution in [2.45, 2.75) is 36.5 Å². The van der Waals surface area contributed by atoms with Gasteiger partial charge in [-0.3, -0.25) is 4.90 Å². The van der Waals surface area contributed by atoms with Crippen LogP contribution in [0.1, 0.15) is 31.0 Å². The third kappa shape index (κ3) is 4.46. The van der Waals surface area contributed by atoms with Crippen molar-refractivity contribution < 1.29 is 13.2 Å². The predicted molar refractivity (Wildman–Crippen MR) is 75.1 cm³/mol. The van der Waals surface area contributed by atoms with Crippen molar-refractivity contribution in [1.29, 1.82) is 0 Å². The van der Waals surface area contributed by atoms with E-state index in [0.717, 1.165) is 35.4 Å². The molecule has 8 heteroatoms. The van der Waals surface area contributed by atoms with Gasteiger partial charge in [0.2, 0.25) is 0 Å². The molecule has 0 amide bonds. The van der Waals surface area contributed by atoms with E-state index in [0.29, 0.717) is 5.75 Å². The summed E-state index contributed by atoms with van der Waals surface area (Å²) >= 11 is 2.49. The van der Waals surface area contributed by atoms with Gasteiger partial charge >= 0.3 is 6.18 Å². The van der Waals surface area contributed by atoms with Crippen LogP contribution >= 0.6 is 23.5 Å². The third-order valence-electron chi connectivity index (χ3n) is 3.05. The Labute approximate surface area is 124 Å². The number of nitrogens with zero attached hydrogens (tertiary/aromatic N) is 3. The maximum absolute atomic E-state index is 12.1. The Hall–Kier alpha value is -0.600. The van der Waals surface area contributed by atoms with E-state index in [-0.39, 0.29) is 12.5 Å². The molecule has 1 aromatic heterocycles. The molecule has 0 saturated carbocycles. The van der Waals surface area contributed by atoms with Gasteiger partial charge in [0, 0.05) is 13.0 Å². The number of alkyl halides is 3. The largest absolute Gasteiger partial charge is 0.389 e. The molecule has 0 fully saturated rings. The first-order valence-corrected chi connectivity index (χ1v) is 8.08. The summed E-state index contributed by atoms with van der Waals surface area (Å²) in [5, 5.41) is 0.764. The zero-order chi connectivity index (χ0) is 14.6. The predicted octanol–water partition coefficient (Wildman–Crippen LogP) is 3.91. The van der Waals surface area contributed by atoms with Crippen molar-refractivity contribution in [3.05, 3.63) is 17.8 Å². The van der Waals surface area contributed by atoms with E-state index >= 15 is 0 Å². The molecule has 1 aliphatic heterocycles. The first kappa shape index (κ1) is 15.8. The van der Waals surface area contributed by atoms with Gasteiger partial charge in [0.25, 0.3) is 0 Å². The fourth-order valence-electron chi connectivity index (χ4n) is 2.00. The summed E-state index contributed by atoms with van der Waals surface area (Å²) in [4.78, 5) is 2.18. The van der Waals surface area contributed by atoms with Crippen molar-refractivity contribution in [2.24, 2.45) is 0 Å². The smallest absolute Gasteiger partial charge is 0.294 e. The maximum atomic E-state index is 12.1. The van der Waals surface area contributed by atoms with Gasteiger partial charge in [-0.2, -0.15) is 21.9 Å². The molecule has 2 heterocycles. The summed E-state index contributed by atoms with van der Waals surface area (Å²) in [6.45, 7) is 0.955. The van der Waals surface area contributed by atoms with Gasteiger partial charge < -0.3 is 0 Å². The van der Waals surface area contributed by atoms with E-state index in [9.17, 15) is 13.2 Å².